The van der Waals surface area contributed by atoms with Gasteiger partial charge in [0, 0.05) is 26.3 Å². The third-order valence-electron chi connectivity index (χ3n) is 3.74. The zero-order valence-electron chi connectivity index (χ0n) is 13.6. The van der Waals surface area contributed by atoms with E-state index in [1.807, 2.05) is 0 Å². The predicted octanol–water partition coefficient (Wildman–Crippen LogP) is 4.23. The molecule has 0 aromatic heterocycles. The molecule has 0 bridgehead atoms. The van der Waals surface area contributed by atoms with E-state index in [0.717, 1.165) is 13.1 Å². The van der Waals surface area contributed by atoms with Crippen LogP contribution in [-0.2, 0) is 6.54 Å². The molecule has 0 aliphatic carbocycles. The molecule has 0 radical (unpaired) electrons. The summed E-state index contributed by atoms with van der Waals surface area (Å²) < 4.78 is 0. The van der Waals surface area contributed by atoms with Crippen LogP contribution in [0.15, 0.2) is 42.5 Å². The van der Waals surface area contributed by atoms with Gasteiger partial charge in [0.2, 0.25) is 0 Å². The Morgan fingerprint density at radius 2 is 1.71 bits per heavy atom. The van der Waals surface area contributed by atoms with Gasteiger partial charge in [0.05, 0.1) is 0 Å². The van der Waals surface area contributed by atoms with Gasteiger partial charge in [-0.25, -0.2) is 0 Å². The Hall–Kier alpha value is -1.80. The Labute approximate surface area is 128 Å². The summed E-state index contributed by atoms with van der Waals surface area (Å²) in [4.78, 5) is 2.12. The highest BCUT2D eigenvalue weighted by Gasteiger charge is 2.04. The molecule has 0 aliphatic heterocycles. The molecule has 1 N–H and O–H groups in total. The summed E-state index contributed by atoms with van der Waals surface area (Å²) >= 11 is 0. The number of benzene rings is 2. The van der Waals surface area contributed by atoms with Crippen molar-refractivity contribution < 1.29 is 0 Å². The second-order valence-electron chi connectivity index (χ2n) is 5.77. The fourth-order valence-electron chi connectivity index (χ4n) is 2.51. The van der Waals surface area contributed by atoms with Gasteiger partial charge >= 0.3 is 0 Å². The van der Waals surface area contributed by atoms with E-state index in [0.29, 0.717) is 0 Å². The summed E-state index contributed by atoms with van der Waals surface area (Å²) in [5, 5.41) is 3.45. The van der Waals surface area contributed by atoms with Gasteiger partial charge in [-0.1, -0.05) is 37.3 Å². The minimum absolute atomic E-state index is 0.953. The molecule has 2 nitrogen and oxygen atoms in total. The molecule has 112 valence electrons. The molecular formula is C19H26N2. The van der Waals surface area contributed by atoms with E-state index in [1.54, 1.807) is 0 Å². The lowest BCUT2D eigenvalue weighted by Gasteiger charge is -2.14. The fraction of sp³-hybridized carbons (Fsp3) is 0.368. The lowest BCUT2D eigenvalue weighted by molar-refractivity contribution is 0.675. The largest absolute Gasteiger partial charge is 0.378 e. The summed E-state index contributed by atoms with van der Waals surface area (Å²) in [5.41, 5.74) is 6.53. The lowest BCUT2D eigenvalue weighted by atomic mass is 9.98. The monoisotopic (exact) mass is 282 g/mol. The second kappa shape index (κ2) is 7.28. The fourth-order valence-corrected chi connectivity index (χ4v) is 2.51. The van der Waals surface area contributed by atoms with Crippen molar-refractivity contribution in [2.45, 2.75) is 26.8 Å². The van der Waals surface area contributed by atoms with Crippen molar-refractivity contribution in [2.24, 2.45) is 0 Å². The first-order chi connectivity index (χ1) is 10.1. The van der Waals surface area contributed by atoms with Crippen molar-refractivity contribution >= 4 is 5.69 Å². The SMILES string of the molecule is CCCNCc1ccc(-c2ccc(N(C)C)cc2)c(C)c1. The van der Waals surface area contributed by atoms with Crippen LogP contribution < -0.4 is 10.2 Å². The Balaban J connectivity index is 2.16. The number of hydrogen-bond acceptors (Lipinski definition) is 2. The Kier molecular flexibility index (Phi) is 5.40. The van der Waals surface area contributed by atoms with Gasteiger partial charge in [-0.05, 0) is 54.3 Å². The molecule has 0 spiro atoms. The molecule has 0 saturated heterocycles. The van der Waals surface area contributed by atoms with E-state index in [2.05, 4.69) is 80.6 Å². The summed E-state index contributed by atoms with van der Waals surface area (Å²) in [5.74, 6) is 0. The normalized spacial score (nSPS) is 10.7. The first kappa shape index (κ1) is 15.6. The number of anilines is 1. The Morgan fingerprint density at radius 3 is 2.29 bits per heavy atom. The summed E-state index contributed by atoms with van der Waals surface area (Å²) in [6.45, 7) is 6.42. The lowest BCUT2D eigenvalue weighted by Crippen LogP contribution is -2.13. The standard InChI is InChI=1S/C19H26N2/c1-5-12-20-14-16-6-11-19(15(2)13-16)17-7-9-18(10-8-17)21(3)4/h6-11,13,20H,5,12,14H2,1-4H3. The van der Waals surface area contributed by atoms with Crippen LogP contribution in [0.5, 0.6) is 0 Å². The number of hydrogen-bond donors (Lipinski definition) is 1. The van der Waals surface area contributed by atoms with Crippen LogP contribution in [0.1, 0.15) is 24.5 Å². The molecule has 0 amide bonds. The zero-order chi connectivity index (χ0) is 15.2. The van der Waals surface area contributed by atoms with Gasteiger partial charge in [0.25, 0.3) is 0 Å². The average Bonchev–Trinajstić information content (AvgIpc) is 2.48. The molecule has 0 atom stereocenters. The van der Waals surface area contributed by atoms with Crippen LogP contribution in [0, 0.1) is 6.92 Å². The van der Waals surface area contributed by atoms with E-state index in [-0.39, 0.29) is 0 Å². The van der Waals surface area contributed by atoms with Crippen LogP contribution in [0.2, 0.25) is 0 Å². The summed E-state index contributed by atoms with van der Waals surface area (Å²) in [6, 6.07) is 15.5. The van der Waals surface area contributed by atoms with Crippen molar-refractivity contribution in [3.63, 3.8) is 0 Å². The highest BCUT2D eigenvalue weighted by molar-refractivity contribution is 5.69. The molecule has 0 heterocycles. The number of rotatable bonds is 6. The van der Waals surface area contributed by atoms with Crippen molar-refractivity contribution in [2.75, 3.05) is 25.5 Å². The van der Waals surface area contributed by atoms with Gasteiger partial charge in [0.15, 0.2) is 0 Å². The van der Waals surface area contributed by atoms with Gasteiger partial charge < -0.3 is 10.2 Å². The van der Waals surface area contributed by atoms with Crippen molar-refractivity contribution in [1.82, 2.24) is 5.32 Å². The molecule has 0 fully saturated rings. The van der Waals surface area contributed by atoms with Crippen molar-refractivity contribution in [1.29, 1.82) is 0 Å². The molecule has 0 unspecified atom stereocenters. The Bertz CT molecular complexity index is 571. The summed E-state index contributed by atoms with van der Waals surface area (Å²) in [7, 11) is 4.14. The molecule has 2 heteroatoms. The number of nitrogens with one attached hydrogen (secondary N) is 1. The minimum atomic E-state index is 0.953. The summed E-state index contributed by atoms with van der Waals surface area (Å²) in [6.07, 6.45) is 1.18. The minimum Gasteiger partial charge on any atom is -0.378 e. The number of aryl methyl sites for hydroxylation is 1. The number of nitrogens with zero attached hydrogens (tertiary/aromatic N) is 1. The first-order valence-corrected chi connectivity index (χ1v) is 7.70. The molecule has 0 aliphatic rings. The third kappa shape index (κ3) is 4.08. The van der Waals surface area contributed by atoms with Crippen LogP contribution in [0.25, 0.3) is 11.1 Å². The highest BCUT2D eigenvalue weighted by Crippen LogP contribution is 2.26. The smallest absolute Gasteiger partial charge is 0.0361 e. The zero-order valence-corrected chi connectivity index (χ0v) is 13.6. The van der Waals surface area contributed by atoms with Gasteiger partial charge in [-0.15, -0.1) is 0 Å². The Morgan fingerprint density at radius 1 is 1.00 bits per heavy atom. The van der Waals surface area contributed by atoms with E-state index < -0.39 is 0 Å². The quantitative estimate of drug-likeness (QED) is 0.798. The topological polar surface area (TPSA) is 15.3 Å². The van der Waals surface area contributed by atoms with E-state index in [1.165, 1.54) is 34.4 Å². The van der Waals surface area contributed by atoms with Gasteiger partial charge in [-0.2, -0.15) is 0 Å². The molecular weight excluding hydrogens is 256 g/mol. The van der Waals surface area contributed by atoms with Crippen molar-refractivity contribution in [3.8, 4) is 11.1 Å². The van der Waals surface area contributed by atoms with E-state index in [4.69, 9.17) is 0 Å². The van der Waals surface area contributed by atoms with Crippen LogP contribution >= 0.6 is 0 Å². The highest BCUT2D eigenvalue weighted by atomic mass is 15.1. The molecule has 2 aromatic rings. The molecule has 21 heavy (non-hydrogen) atoms. The van der Waals surface area contributed by atoms with Crippen LogP contribution in [0.3, 0.4) is 0 Å². The van der Waals surface area contributed by atoms with Crippen LogP contribution in [-0.4, -0.2) is 20.6 Å². The molecule has 2 aromatic carbocycles. The van der Waals surface area contributed by atoms with Gasteiger partial charge in [-0.3, -0.25) is 0 Å². The maximum atomic E-state index is 3.45. The molecule has 0 saturated carbocycles. The maximum Gasteiger partial charge on any atom is 0.0361 e. The average molecular weight is 282 g/mol. The molecule has 2 rings (SSSR count). The van der Waals surface area contributed by atoms with Crippen LogP contribution in [0.4, 0.5) is 5.69 Å². The van der Waals surface area contributed by atoms with Crippen molar-refractivity contribution in [3.05, 3.63) is 53.6 Å². The van der Waals surface area contributed by atoms with Gasteiger partial charge in [0.1, 0.15) is 0 Å². The van der Waals surface area contributed by atoms with E-state index in [9.17, 15) is 0 Å². The first-order valence-electron chi connectivity index (χ1n) is 7.70. The second-order valence-corrected chi connectivity index (χ2v) is 5.77. The maximum absolute atomic E-state index is 3.45. The third-order valence-corrected chi connectivity index (χ3v) is 3.74. The van der Waals surface area contributed by atoms with E-state index >= 15 is 0 Å². The predicted molar refractivity (Wildman–Crippen MR) is 92.9 cm³/mol.